The van der Waals surface area contributed by atoms with Crippen LogP contribution in [0, 0.1) is 0 Å². The zero-order chi connectivity index (χ0) is 15.2. The lowest BCUT2D eigenvalue weighted by Crippen LogP contribution is -2.22. The third-order valence-corrected chi connectivity index (χ3v) is 3.98. The maximum Gasteiger partial charge on any atom is 0.130 e. The molecule has 116 valence electrons. The Morgan fingerprint density at radius 3 is 2.95 bits per heavy atom. The fourth-order valence-corrected chi connectivity index (χ4v) is 2.77. The summed E-state index contributed by atoms with van der Waals surface area (Å²) in [6.07, 6.45) is 3.28. The first-order valence-electron chi connectivity index (χ1n) is 7.70. The molecule has 2 heterocycles. The quantitative estimate of drug-likeness (QED) is 0.821. The van der Waals surface area contributed by atoms with Gasteiger partial charge in [0.2, 0.25) is 0 Å². The summed E-state index contributed by atoms with van der Waals surface area (Å²) < 4.78 is 11.3. The van der Waals surface area contributed by atoms with E-state index in [9.17, 15) is 0 Å². The number of hydrogen-bond acceptors (Lipinski definition) is 4. The topological polar surface area (TPSA) is 34.6 Å². The summed E-state index contributed by atoms with van der Waals surface area (Å²) in [4.78, 5) is 6.69. The van der Waals surface area contributed by atoms with E-state index >= 15 is 0 Å². The molecule has 4 heteroatoms. The van der Waals surface area contributed by atoms with Gasteiger partial charge in [-0.3, -0.25) is 9.88 Å². The van der Waals surface area contributed by atoms with Crippen LogP contribution in [-0.4, -0.2) is 36.2 Å². The van der Waals surface area contributed by atoms with Gasteiger partial charge >= 0.3 is 0 Å². The molecule has 0 bridgehead atoms. The molecule has 0 N–H and O–H groups in total. The van der Waals surface area contributed by atoms with Gasteiger partial charge < -0.3 is 9.47 Å². The first-order valence-corrected chi connectivity index (χ1v) is 7.70. The number of likely N-dealkylation sites (tertiary alicyclic amines) is 1. The Morgan fingerprint density at radius 2 is 2.18 bits per heavy atom. The fourth-order valence-electron chi connectivity index (χ4n) is 2.77. The van der Waals surface area contributed by atoms with Gasteiger partial charge in [0.15, 0.2) is 0 Å². The van der Waals surface area contributed by atoms with Gasteiger partial charge in [-0.2, -0.15) is 0 Å². The van der Waals surface area contributed by atoms with Crippen molar-refractivity contribution in [1.29, 1.82) is 0 Å². The van der Waals surface area contributed by atoms with Crippen LogP contribution in [0.4, 0.5) is 0 Å². The van der Waals surface area contributed by atoms with Gasteiger partial charge in [-0.25, -0.2) is 0 Å². The minimum absolute atomic E-state index is 0.378. The highest BCUT2D eigenvalue weighted by molar-refractivity contribution is 5.28. The summed E-state index contributed by atoms with van der Waals surface area (Å²) in [5, 5.41) is 0. The van der Waals surface area contributed by atoms with Gasteiger partial charge in [-0.15, -0.1) is 0 Å². The molecule has 1 aromatic heterocycles. The van der Waals surface area contributed by atoms with Gasteiger partial charge in [0.1, 0.15) is 12.4 Å². The molecule has 3 rings (SSSR count). The highest BCUT2D eigenvalue weighted by Gasteiger charge is 2.21. The van der Waals surface area contributed by atoms with E-state index in [-0.39, 0.29) is 0 Å². The molecule has 4 nitrogen and oxygen atoms in total. The van der Waals surface area contributed by atoms with Gasteiger partial charge in [-0.1, -0.05) is 18.2 Å². The minimum atomic E-state index is 0.378. The molecule has 0 spiro atoms. The van der Waals surface area contributed by atoms with E-state index in [4.69, 9.17) is 9.47 Å². The molecule has 1 aliphatic rings. The number of methoxy groups -OCH3 is 1. The van der Waals surface area contributed by atoms with Crippen LogP contribution in [0.3, 0.4) is 0 Å². The molecule has 0 unspecified atom stereocenters. The molecule has 1 saturated heterocycles. The van der Waals surface area contributed by atoms with E-state index in [1.165, 1.54) is 5.56 Å². The van der Waals surface area contributed by atoms with Gasteiger partial charge in [0.25, 0.3) is 0 Å². The van der Waals surface area contributed by atoms with Crippen molar-refractivity contribution in [2.45, 2.75) is 25.7 Å². The molecule has 0 saturated carbocycles. The number of rotatable bonds is 6. The van der Waals surface area contributed by atoms with E-state index in [0.717, 1.165) is 37.5 Å². The third kappa shape index (κ3) is 4.06. The van der Waals surface area contributed by atoms with Crippen LogP contribution in [0.2, 0.25) is 0 Å². The van der Waals surface area contributed by atoms with E-state index in [1.807, 2.05) is 30.3 Å². The van der Waals surface area contributed by atoms with Gasteiger partial charge in [0, 0.05) is 32.9 Å². The summed E-state index contributed by atoms with van der Waals surface area (Å²) in [6.45, 7) is 3.55. The summed E-state index contributed by atoms with van der Waals surface area (Å²) in [5.74, 6) is 0.894. The second kappa shape index (κ2) is 7.38. The summed E-state index contributed by atoms with van der Waals surface area (Å²) in [6, 6.07) is 14.2. The predicted molar refractivity (Wildman–Crippen MR) is 85.7 cm³/mol. The monoisotopic (exact) mass is 298 g/mol. The lowest BCUT2D eigenvalue weighted by atomic mass is 10.2. The van der Waals surface area contributed by atoms with E-state index in [2.05, 4.69) is 22.0 Å². The number of benzene rings is 1. The van der Waals surface area contributed by atoms with Crippen LogP contribution in [0.1, 0.15) is 17.7 Å². The fraction of sp³-hybridized carbons (Fsp3) is 0.389. The van der Waals surface area contributed by atoms with Crippen molar-refractivity contribution in [2.75, 3.05) is 20.2 Å². The number of pyridine rings is 1. The number of ether oxygens (including phenoxy) is 2. The zero-order valence-corrected chi connectivity index (χ0v) is 12.9. The van der Waals surface area contributed by atoms with Crippen LogP contribution in [-0.2, 0) is 17.9 Å². The molecule has 2 aromatic rings. The molecule has 0 amide bonds. The normalized spacial score (nSPS) is 18.5. The molecule has 1 aromatic carbocycles. The third-order valence-electron chi connectivity index (χ3n) is 3.98. The van der Waals surface area contributed by atoms with Crippen molar-refractivity contribution in [3.63, 3.8) is 0 Å². The minimum Gasteiger partial charge on any atom is -0.487 e. The van der Waals surface area contributed by atoms with Crippen molar-refractivity contribution >= 4 is 0 Å². The standard InChI is InChI=1S/C18H22N2O2/c1-21-18-8-10-20(13-18)12-15-5-4-7-17(11-15)22-14-16-6-2-3-9-19-16/h2-7,9,11,18H,8,10,12-14H2,1H3/t18-/m1/s1. The van der Waals surface area contributed by atoms with E-state index < -0.39 is 0 Å². The van der Waals surface area contributed by atoms with Crippen molar-refractivity contribution in [1.82, 2.24) is 9.88 Å². The maximum atomic E-state index is 5.83. The molecular weight excluding hydrogens is 276 g/mol. The van der Waals surface area contributed by atoms with Crippen molar-refractivity contribution in [2.24, 2.45) is 0 Å². The summed E-state index contributed by atoms with van der Waals surface area (Å²) in [5.41, 5.74) is 2.21. The highest BCUT2D eigenvalue weighted by atomic mass is 16.5. The van der Waals surface area contributed by atoms with Crippen LogP contribution in [0.15, 0.2) is 48.7 Å². The lowest BCUT2D eigenvalue weighted by molar-refractivity contribution is 0.107. The number of nitrogens with zero attached hydrogens (tertiary/aromatic N) is 2. The number of aromatic nitrogens is 1. The highest BCUT2D eigenvalue weighted by Crippen LogP contribution is 2.19. The van der Waals surface area contributed by atoms with Crippen molar-refractivity contribution in [3.8, 4) is 5.75 Å². The molecule has 1 fully saturated rings. The van der Waals surface area contributed by atoms with Crippen molar-refractivity contribution in [3.05, 3.63) is 59.9 Å². The molecule has 1 aliphatic heterocycles. The molecule has 1 atom stereocenters. The van der Waals surface area contributed by atoms with Crippen molar-refractivity contribution < 1.29 is 9.47 Å². The maximum absolute atomic E-state index is 5.83. The Labute approximate surface area is 131 Å². The molecule has 0 radical (unpaired) electrons. The Balaban J connectivity index is 1.56. The summed E-state index contributed by atoms with van der Waals surface area (Å²) >= 11 is 0. The van der Waals surface area contributed by atoms with Gasteiger partial charge in [-0.05, 0) is 36.2 Å². The predicted octanol–water partition coefficient (Wildman–Crippen LogP) is 2.88. The largest absolute Gasteiger partial charge is 0.487 e. The van der Waals surface area contributed by atoms with Crippen LogP contribution in [0.5, 0.6) is 5.75 Å². The Morgan fingerprint density at radius 1 is 1.23 bits per heavy atom. The number of hydrogen-bond donors (Lipinski definition) is 0. The first kappa shape index (κ1) is 15.0. The van der Waals surface area contributed by atoms with Crippen LogP contribution < -0.4 is 4.74 Å². The molecule has 0 aliphatic carbocycles. The Bertz CT molecular complexity index is 589. The molecule has 22 heavy (non-hydrogen) atoms. The Hall–Kier alpha value is -1.91. The van der Waals surface area contributed by atoms with Crippen LogP contribution >= 0.6 is 0 Å². The second-order valence-electron chi connectivity index (χ2n) is 5.64. The average Bonchev–Trinajstić information content (AvgIpc) is 3.02. The second-order valence-corrected chi connectivity index (χ2v) is 5.64. The Kier molecular flexibility index (Phi) is 5.03. The molecular formula is C18H22N2O2. The van der Waals surface area contributed by atoms with Crippen LogP contribution in [0.25, 0.3) is 0 Å². The zero-order valence-electron chi connectivity index (χ0n) is 12.9. The average molecular weight is 298 g/mol. The SMILES string of the molecule is CO[C@@H]1CCN(Cc2cccc(OCc3ccccn3)c2)C1. The first-order chi connectivity index (χ1) is 10.8. The lowest BCUT2D eigenvalue weighted by Gasteiger charge is -2.16. The smallest absolute Gasteiger partial charge is 0.130 e. The van der Waals surface area contributed by atoms with E-state index in [1.54, 1.807) is 13.3 Å². The summed E-state index contributed by atoms with van der Waals surface area (Å²) in [7, 11) is 1.79. The van der Waals surface area contributed by atoms with E-state index in [0.29, 0.717) is 12.7 Å². The van der Waals surface area contributed by atoms with Gasteiger partial charge in [0.05, 0.1) is 11.8 Å².